The van der Waals surface area contributed by atoms with Crippen molar-refractivity contribution in [1.82, 2.24) is 4.90 Å². The summed E-state index contributed by atoms with van der Waals surface area (Å²) < 4.78 is 0. The topological polar surface area (TPSA) is 41.6 Å². The zero-order valence-electron chi connectivity index (χ0n) is 14.5. The smallest absolute Gasteiger partial charge is 0.0491 e. The summed E-state index contributed by atoms with van der Waals surface area (Å²) >= 11 is 0. The number of unbranched alkanes of at least 4 members (excludes halogenated alkanes) is 1. The van der Waals surface area contributed by atoms with Gasteiger partial charge in [-0.15, -0.1) is 0 Å². The third-order valence-corrected chi connectivity index (χ3v) is 4.66. The van der Waals surface area contributed by atoms with Crippen molar-refractivity contribution < 1.29 is 0 Å². The molecule has 0 saturated carbocycles. The predicted octanol–water partition coefficient (Wildman–Crippen LogP) is 4.00. The van der Waals surface area contributed by atoms with Gasteiger partial charge in [-0.2, -0.15) is 0 Å². The SMILES string of the molecule is C=NC1=C(C(=C)c2ccc(C)cc2)CN(CN)CC1CCCC. The largest absolute Gasteiger partial charge is 0.318 e. The summed E-state index contributed by atoms with van der Waals surface area (Å²) in [6.45, 7) is 14.8. The first-order valence-electron chi connectivity index (χ1n) is 8.49. The van der Waals surface area contributed by atoms with Crippen molar-refractivity contribution in [3.05, 3.63) is 53.2 Å². The van der Waals surface area contributed by atoms with E-state index < -0.39 is 0 Å². The molecule has 0 aliphatic carbocycles. The van der Waals surface area contributed by atoms with Gasteiger partial charge in [-0.3, -0.25) is 9.89 Å². The summed E-state index contributed by atoms with van der Waals surface area (Å²) in [5, 5.41) is 0. The van der Waals surface area contributed by atoms with Gasteiger partial charge < -0.3 is 5.73 Å². The van der Waals surface area contributed by atoms with E-state index in [1.165, 1.54) is 24.0 Å². The van der Waals surface area contributed by atoms with Crippen LogP contribution < -0.4 is 5.73 Å². The molecule has 0 amide bonds. The normalized spacial score (nSPS) is 19.0. The number of hydrogen-bond acceptors (Lipinski definition) is 3. The molecule has 0 fully saturated rings. The summed E-state index contributed by atoms with van der Waals surface area (Å²) in [4.78, 5) is 6.68. The van der Waals surface area contributed by atoms with Crippen LogP contribution in [-0.4, -0.2) is 31.4 Å². The third kappa shape index (κ3) is 4.18. The summed E-state index contributed by atoms with van der Waals surface area (Å²) in [5.74, 6) is 0.405. The molecule has 3 heteroatoms. The van der Waals surface area contributed by atoms with E-state index in [-0.39, 0.29) is 0 Å². The highest BCUT2D eigenvalue weighted by atomic mass is 15.2. The average Bonchev–Trinajstić information content (AvgIpc) is 2.59. The molecule has 1 aromatic rings. The molecule has 1 aromatic carbocycles. The van der Waals surface area contributed by atoms with Crippen molar-refractivity contribution in [3.63, 3.8) is 0 Å². The number of aryl methyl sites for hydroxylation is 1. The van der Waals surface area contributed by atoms with Crippen LogP contribution in [0.15, 0.2) is 47.1 Å². The van der Waals surface area contributed by atoms with Crippen molar-refractivity contribution in [2.45, 2.75) is 33.1 Å². The van der Waals surface area contributed by atoms with Crippen molar-refractivity contribution in [3.8, 4) is 0 Å². The monoisotopic (exact) mass is 311 g/mol. The summed E-state index contributed by atoms with van der Waals surface area (Å²) in [6.07, 6.45) is 3.52. The van der Waals surface area contributed by atoms with E-state index in [1.807, 2.05) is 0 Å². The van der Waals surface area contributed by atoms with Crippen LogP contribution in [-0.2, 0) is 0 Å². The number of rotatable bonds is 7. The molecule has 1 unspecified atom stereocenters. The molecule has 1 aliphatic rings. The molecule has 0 bridgehead atoms. The third-order valence-electron chi connectivity index (χ3n) is 4.66. The van der Waals surface area contributed by atoms with Crippen LogP contribution in [0.5, 0.6) is 0 Å². The van der Waals surface area contributed by atoms with E-state index in [4.69, 9.17) is 5.73 Å². The van der Waals surface area contributed by atoms with E-state index in [0.717, 1.165) is 36.3 Å². The van der Waals surface area contributed by atoms with Gasteiger partial charge in [0, 0.05) is 31.4 Å². The fourth-order valence-corrected chi connectivity index (χ4v) is 3.23. The zero-order chi connectivity index (χ0) is 16.8. The zero-order valence-corrected chi connectivity index (χ0v) is 14.5. The van der Waals surface area contributed by atoms with Gasteiger partial charge in [-0.25, -0.2) is 0 Å². The van der Waals surface area contributed by atoms with Crippen LogP contribution in [0, 0.1) is 12.8 Å². The lowest BCUT2D eigenvalue weighted by atomic mass is 9.86. The number of aliphatic imine (C=N–C) groups is 1. The maximum absolute atomic E-state index is 5.93. The van der Waals surface area contributed by atoms with Gasteiger partial charge in [-0.05, 0) is 36.8 Å². The van der Waals surface area contributed by atoms with E-state index in [1.54, 1.807) is 0 Å². The van der Waals surface area contributed by atoms with E-state index >= 15 is 0 Å². The quantitative estimate of drug-likeness (QED) is 0.773. The van der Waals surface area contributed by atoms with Crippen LogP contribution in [0.4, 0.5) is 0 Å². The molecule has 1 aliphatic heterocycles. The highest BCUT2D eigenvalue weighted by molar-refractivity contribution is 5.79. The second kappa shape index (κ2) is 8.23. The van der Waals surface area contributed by atoms with Gasteiger partial charge in [0.25, 0.3) is 0 Å². The highest BCUT2D eigenvalue weighted by Crippen LogP contribution is 2.34. The Labute approximate surface area is 140 Å². The molecule has 1 heterocycles. The van der Waals surface area contributed by atoms with Crippen LogP contribution >= 0.6 is 0 Å². The molecule has 2 N–H and O–H groups in total. The Balaban J connectivity index is 2.36. The van der Waals surface area contributed by atoms with E-state index in [9.17, 15) is 0 Å². The summed E-state index contributed by atoms with van der Waals surface area (Å²) in [5.41, 5.74) is 11.7. The maximum Gasteiger partial charge on any atom is 0.0491 e. The number of hydrogen-bond donors (Lipinski definition) is 1. The van der Waals surface area contributed by atoms with E-state index in [2.05, 4.69) is 61.3 Å². The minimum atomic E-state index is 0.405. The van der Waals surface area contributed by atoms with Crippen LogP contribution in [0.1, 0.15) is 37.3 Å². The second-order valence-corrected chi connectivity index (χ2v) is 6.40. The molecular formula is C20H29N3. The lowest BCUT2D eigenvalue weighted by Gasteiger charge is -2.35. The van der Waals surface area contributed by atoms with Crippen LogP contribution in [0.25, 0.3) is 5.57 Å². The molecule has 0 aromatic heterocycles. The van der Waals surface area contributed by atoms with Gasteiger partial charge in [-0.1, -0.05) is 56.2 Å². The maximum atomic E-state index is 5.93. The van der Waals surface area contributed by atoms with Crippen LogP contribution in [0.2, 0.25) is 0 Å². The predicted molar refractivity (Wildman–Crippen MR) is 100 cm³/mol. The Morgan fingerprint density at radius 2 is 2.04 bits per heavy atom. The van der Waals surface area contributed by atoms with E-state index in [0.29, 0.717) is 12.6 Å². The Morgan fingerprint density at radius 3 is 2.61 bits per heavy atom. The van der Waals surface area contributed by atoms with Gasteiger partial charge in [0.2, 0.25) is 0 Å². The van der Waals surface area contributed by atoms with Crippen molar-refractivity contribution >= 4 is 12.3 Å². The van der Waals surface area contributed by atoms with Crippen molar-refractivity contribution in [2.75, 3.05) is 19.8 Å². The lowest BCUT2D eigenvalue weighted by molar-refractivity contribution is 0.243. The molecule has 23 heavy (non-hydrogen) atoms. The Kier molecular flexibility index (Phi) is 6.31. The lowest BCUT2D eigenvalue weighted by Crippen LogP contribution is -2.40. The van der Waals surface area contributed by atoms with Gasteiger partial charge in [0.1, 0.15) is 0 Å². The Bertz CT molecular complexity index is 583. The minimum absolute atomic E-state index is 0.405. The Hall–Kier alpha value is -1.71. The summed E-state index contributed by atoms with van der Waals surface area (Å²) in [6, 6.07) is 8.52. The number of benzene rings is 1. The van der Waals surface area contributed by atoms with Gasteiger partial charge in [0.15, 0.2) is 0 Å². The Morgan fingerprint density at radius 1 is 1.35 bits per heavy atom. The average molecular weight is 311 g/mol. The second-order valence-electron chi connectivity index (χ2n) is 6.40. The van der Waals surface area contributed by atoms with Gasteiger partial charge >= 0.3 is 0 Å². The first-order chi connectivity index (χ1) is 11.1. The minimum Gasteiger partial charge on any atom is -0.318 e. The van der Waals surface area contributed by atoms with Crippen molar-refractivity contribution in [1.29, 1.82) is 0 Å². The fraction of sp³-hybridized carbons (Fsp3) is 0.450. The molecule has 2 rings (SSSR count). The standard InChI is InChI=1S/C20H29N3/c1-5-6-7-18-12-23(14-21)13-19(20(18)22-4)16(3)17-10-8-15(2)9-11-17/h8-11,18H,3-7,12-14,21H2,1-2H3. The molecule has 0 spiro atoms. The molecule has 0 radical (unpaired) electrons. The highest BCUT2D eigenvalue weighted by Gasteiger charge is 2.27. The van der Waals surface area contributed by atoms with Gasteiger partial charge in [0.05, 0.1) is 0 Å². The van der Waals surface area contributed by atoms with Crippen molar-refractivity contribution in [2.24, 2.45) is 16.6 Å². The molecule has 0 saturated heterocycles. The first-order valence-corrected chi connectivity index (χ1v) is 8.49. The number of nitrogens with two attached hydrogens (primary N) is 1. The number of nitrogens with zero attached hydrogens (tertiary/aromatic N) is 2. The molecule has 1 atom stereocenters. The summed E-state index contributed by atoms with van der Waals surface area (Å²) in [7, 11) is 0. The van der Waals surface area contributed by atoms with Crippen LogP contribution in [0.3, 0.4) is 0 Å². The first kappa shape index (κ1) is 17.6. The fourth-order valence-electron chi connectivity index (χ4n) is 3.23. The molecule has 3 nitrogen and oxygen atoms in total. The molecule has 124 valence electrons. The molecular weight excluding hydrogens is 282 g/mol.